The minimum Gasteiger partial charge on any atom is -0.297 e. The molecule has 0 spiro atoms. The highest BCUT2D eigenvalue weighted by Crippen LogP contribution is 2.23. The summed E-state index contributed by atoms with van der Waals surface area (Å²) in [6.07, 6.45) is 5.96. The zero-order valence-corrected chi connectivity index (χ0v) is 7.43. The summed E-state index contributed by atoms with van der Waals surface area (Å²) in [6, 6.07) is 0. The van der Waals surface area contributed by atoms with Crippen LogP contribution in [0.1, 0.15) is 24.6 Å². The van der Waals surface area contributed by atoms with Gasteiger partial charge in [0.05, 0.1) is 0 Å². The van der Waals surface area contributed by atoms with Gasteiger partial charge in [0.2, 0.25) is 0 Å². The van der Waals surface area contributed by atoms with Gasteiger partial charge in [0.15, 0.2) is 4.96 Å². The molecule has 0 saturated carbocycles. The molecule has 3 heteroatoms. The quantitative estimate of drug-likeness (QED) is 0.636. The predicted molar refractivity (Wildman–Crippen MR) is 47.2 cm³/mol. The molecule has 0 amide bonds. The maximum atomic E-state index is 4.20. The highest BCUT2D eigenvalue weighted by molar-refractivity contribution is 7.17. The summed E-state index contributed by atoms with van der Waals surface area (Å²) in [6.45, 7) is 4.40. The van der Waals surface area contributed by atoms with Crippen molar-refractivity contribution in [3.05, 3.63) is 23.5 Å². The van der Waals surface area contributed by atoms with Crippen LogP contribution in [0.25, 0.3) is 4.96 Å². The molecule has 0 fully saturated rings. The molecule has 0 saturated heterocycles. The number of hydrogen-bond donors (Lipinski definition) is 0. The second-order valence-corrected chi connectivity index (χ2v) is 3.95. The third kappa shape index (κ3) is 1.05. The van der Waals surface area contributed by atoms with Crippen molar-refractivity contribution in [3.8, 4) is 0 Å². The first kappa shape index (κ1) is 6.85. The number of hydrogen-bond acceptors (Lipinski definition) is 2. The number of thiazole rings is 1. The van der Waals surface area contributed by atoms with E-state index in [1.165, 1.54) is 4.88 Å². The Labute approximate surface area is 69.5 Å². The first-order valence-corrected chi connectivity index (χ1v) is 4.51. The van der Waals surface area contributed by atoms with Crippen molar-refractivity contribution in [3.63, 3.8) is 0 Å². The molecule has 0 N–H and O–H groups in total. The van der Waals surface area contributed by atoms with Crippen LogP contribution in [0.3, 0.4) is 0 Å². The maximum absolute atomic E-state index is 4.20. The van der Waals surface area contributed by atoms with Crippen LogP contribution in [0.4, 0.5) is 0 Å². The van der Waals surface area contributed by atoms with Gasteiger partial charge in [0.1, 0.15) is 0 Å². The summed E-state index contributed by atoms with van der Waals surface area (Å²) in [5.74, 6) is 0.613. The summed E-state index contributed by atoms with van der Waals surface area (Å²) in [7, 11) is 0. The summed E-state index contributed by atoms with van der Waals surface area (Å²) >= 11 is 1.76. The van der Waals surface area contributed by atoms with E-state index in [1.54, 1.807) is 11.3 Å². The largest absolute Gasteiger partial charge is 0.297 e. The van der Waals surface area contributed by atoms with Crippen LogP contribution in [0.5, 0.6) is 0 Å². The van der Waals surface area contributed by atoms with Crippen LogP contribution < -0.4 is 0 Å². The van der Waals surface area contributed by atoms with Gasteiger partial charge < -0.3 is 0 Å². The van der Waals surface area contributed by atoms with Crippen LogP contribution in [0.2, 0.25) is 0 Å². The van der Waals surface area contributed by atoms with Gasteiger partial charge >= 0.3 is 0 Å². The molecule has 0 unspecified atom stereocenters. The molecule has 2 rings (SSSR count). The fourth-order valence-electron chi connectivity index (χ4n) is 1.01. The number of rotatable bonds is 1. The van der Waals surface area contributed by atoms with Gasteiger partial charge in [-0.3, -0.25) is 4.40 Å². The molecule has 2 heterocycles. The third-order valence-electron chi connectivity index (χ3n) is 1.68. The zero-order valence-electron chi connectivity index (χ0n) is 6.61. The van der Waals surface area contributed by atoms with Crippen LogP contribution in [-0.4, -0.2) is 9.38 Å². The SMILES string of the molecule is CC(C)c1cn2ccnc2s1. The van der Waals surface area contributed by atoms with Gasteiger partial charge in [0, 0.05) is 23.5 Å². The highest BCUT2D eigenvalue weighted by atomic mass is 32.1. The van der Waals surface area contributed by atoms with Gasteiger partial charge in [-0.2, -0.15) is 0 Å². The first-order chi connectivity index (χ1) is 5.27. The lowest BCUT2D eigenvalue weighted by molar-refractivity contribution is 0.881. The molecular formula is C8H10N2S. The Morgan fingerprint density at radius 2 is 2.36 bits per heavy atom. The smallest absolute Gasteiger partial charge is 0.193 e. The van der Waals surface area contributed by atoms with E-state index in [0.29, 0.717) is 5.92 Å². The summed E-state index contributed by atoms with van der Waals surface area (Å²) in [4.78, 5) is 6.69. The Kier molecular flexibility index (Phi) is 1.46. The lowest BCUT2D eigenvalue weighted by Crippen LogP contribution is -1.79. The van der Waals surface area contributed by atoms with E-state index in [-0.39, 0.29) is 0 Å². The van der Waals surface area contributed by atoms with Crippen molar-refractivity contribution in [2.45, 2.75) is 19.8 Å². The minimum absolute atomic E-state index is 0.613. The van der Waals surface area contributed by atoms with Gasteiger partial charge in [-0.1, -0.05) is 13.8 Å². The van der Waals surface area contributed by atoms with Crippen LogP contribution in [-0.2, 0) is 0 Å². The summed E-state index contributed by atoms with van der Waals surface area (Å²) < 4.78 is 2.07. The Morgan fingerprint density at radius 3 is 3.00 bits per heavy atom. The number of fused-ring (bicyclic) bond motifs is 1. The summed E-state index contributed by atoms with van der Waals surface area (Å²) in [5.41, 5.74) is 0. The van der Waals surface area contributed by atoms with Crippen LogP contribution >= 0.6 is 11.3 Å². The number of imidazole rings is 1. The van der Waals surface area contributed by atoms with E-state index in [2.05, 4.69) is 29.4 Å². The van der Waals surface area contributed by atoms with Crippen molar-refractivity contribution in [2.24, 2.45) is 0 Å². The van der Waals surface area contributed by atoms with Crippen molar-refractivity contribution >= 4 is 16.3 Å². The molecule has 2 aromatic rings. The highest BCUT2D eigenvalue weighted by Gasteiger charge is 2.04. The van der Waals surface area contributed by atoms with E-state index < -0.39 is 0 Å². The normalized spacial score (nSPS) is 11.5. The van der Waals surface area contributed by atoms with E-state index in [0.717, 1.165) is 4.96 Å². The fourth-order valence-corrected chi connectivity index (χ4v) is 1.96. The van der Waals surface area contributed by atoms with Crippen LogP contribution in [0.15, 0.2) is 18.6 Å². The Balaban J connectivity index is 2.58. The third-order valence-corrected chi connectivity index (χ3v) is 2.99. The number of aromatic nitrogens is 2. The molecule has 2 aromatic heterocycles. The van der Waals surface area contributed by atoms with E-state index in [1.807, 2.05) is 12.4 Å². The predicted octanol–water partition coefficient (Wildman–Crippen LogP) is 2.52. The molecule has 0 bridgehead atoms. The first-order valence-electron chi connectivity index (χ1n) is 3.70. The average molecular weight is 166 g/mol. The van der Waals surface area contributed by atoms with Crippen molar-refractivity contribution < 1.29 is 0 Å². The van der Waals surface area contributed by atoms with Gasteiger partial charge in [0.25, 0.3) is 0 Å². The molecular weight excluding hydrogens is 156 g/mol. The lowest BCUT2D eigenvalue weighted by atomic mass is 10.2. The topological polar surface area (TPSA) is 17.3 Å². The van der Waals surface area contributed by atoms with Gasteiger partial charge in [-0.25, -0.2) is 4.98 Å². The van der Waals surface area contributed by atoms with Gasteiger partial charge in [-0.15, -0.1) is 11.3 Å². The second kappa shape index (κ2) is 2.34. The Hall–Kier alpha value is -0.830. The molecule has 0 radical (unpaired) electrons. The molecule has 0 aromatic carbocycles. The summed E-state index contributed by atoms with van der Waals surface area (Å²) in [5, 5.41) is 0. The maximum Gasteiger partial charge on any atom is 0.193 e. The van der Waals surface area contributed by atoms with Crippen molar-refractivity contribution in [2.75, 3.05) is 0 Å². The molecule has 2 nitrogen and oxygen atoms in total. The van der Waals surface area contributed by atoms with Crippen molar-refractivity contribution in [1.29, 1.82) is 0 Å². The fraction of sp³-hybridized carbons (Fsp3) is 0.375. The van der Waals surface area contributed by atoms with E-state index in [4.69, 9.17) is 0 Å². The Bertz CT molecular complexity index is 330. The molecule has 0 aliphatic heterocycles. The molecule has 58 valence electrons. The second-order valence-electron chi connectivity index (χ2n) is 2.91. The molecule has 0 aliphatic carbocycles. The standard InChI is InChI=1S/C8H10N2S/c1-6(2)7-5-10-4-3-9-8(10)11-7/h3-6H,1-2H3. The van der Waals surface area contributed by atoms with E-state index in [9.17, 15) is 0 Å². The molecule has 0 atom stereocenters. The van der Waals surface area contributed by atoms with E-state index >= 15 is 0 Å². The zero-order chi connectivity index (χ0) is 7.84. The minimum atomic E-state index is 0.613. The average Bonchev–Trinajstić information content (AvgIpc) is 2.40. The number of nitrogens with zero attached hydrogens (tertiary/aromatic N) is 2. The molecule has 11 heavy (non-hydrogen) atoms. The monoisotopic (exact) mass is 166 g/mol. The Morgan fingerprint density at radius 1 is 1.55 bits per heavy atom. The molecule has 0 aliphatic rings. The van der Waals surface area contributed by atoms with Crippen molar-refractivity contribution in [1.82, 2.24) is 9.38 Å². The van der Waals surface area contributed by atoms with Crippen LogP contribution in [0, 0.1) is 0 Å². The van der Waals surface area contributed by atoms with Gasteiger partial charge in [-0.05, 0) is 5.92 Å². The lowest BCUT2D eigenvalue weighted by Gasteiger charge is -1.95.